The largest absolute Gasteiger partial charge is 0.443 e. The van der Waals surface area contributed by atoms with Crippen molar-refractivity contribution in [2.45, 2.75) is 6.92 Å². The highest BCUT2D eigenvalue weighted by atomic mass is 79.9. The fourth-order valence-electron chi connectivity index (χ4n) is 1.20. The van der Waals surface area contributed by atoms with Gasteiger partial charge in [-0.15, -0.1) is 0 Å². The van der Waals surface area contributed by atoms with Gasteiger partial charge in [0.1, 0.15) is 12.1 Å². The Kier molecular flexibility index (Phi) is 6.12. The Balaban J connectivity index is 0.000000211. The third-order valence-corrected chi connectivity index (χ3v) is 2.68. The number of furan rings is 2. The van der Waals surface area contributed by atoms with E-state index in [4.69, 9.17) is 19.4 Å². The van der Waals surface area contributed by atoms with Crippen LogP contribution in [0.4, 0.5) is 0 Å². The van der Waals surface area contributed by atoms with Gasteiger partial charge in [0.05, 0.1) is 5.33 Å². The summed E-state index contributed by atoms with van der Waals surface area (Å²) in [5.74, 6) is 0.461. The van der Waals surface area contributed by atoms with E-state index in [0.717, 1.165) is 0 Å². The Hall–Kier alpha value is -2.64. The van der Waals surface area contributed by atoms with Crippen molar-refractivity contribution in [2.24, 2.45) is 0 Å². The lowest BCUT2D eigenvalue weighted by atomic mass is 10.3. The molecule has 0 atom stereocenters. The molecule has 0 aliphatic rings. The third-order valence-electron chi connectivity index (χ3n) is 2.18. The van der Waals surface area contributed by atoms with Gasteiger partial charge in [-0.05, 0) is 24.3 Å². The second-order valence-corrected chi connectivity index (χ2v) is 4.23. The number of rotatable bonds is 3. The minimum Gasteiger partial charge on any atom is -0.443 e. The van der Waals surface area contributed by atoms with Gasteiger partial charge in [-0.3, -0.25) is 9.59 Å². The van der Waals surface area contributed by atoms with Crippen molar-refractivity contribution in [2.75, 3.05) is 5.33 Å². The van der Waals surface area contributed by atoms with Crippen LogP contribution in [0.15, 0.2) is 33.1 Å². The normalized spacial score (nSPS) is 8.95. The van der Waals surface area contributed by atoms with Gasteiger partial charge in [-0.25, -0.2) is 0 Å². The zero-order chi connectivity index (χ0) is 15.8. The molecule has 106 valence electrons. The maximum absolute atomic E-state index is 10.9. The van der Waals surface area contributed by atoms with Crippen LogP contribution in [0, 0.1) is 22.7 Å². The summed E-state index contributed by atoms with van der Waals surface area (Å²) in [7, 11) is 0. The quantitative estimate of drug-likeness (QED) is 0.622. The standard InChI is InChI=1S/C7H4BrNO2.C7H5NO2/c8-3-6(10)7-2-1-5(4-9)11-7;1-5(9)7-3-2-6(4-8)10-7/h1-2H,3H2;2-3H,1H3. The molecular weight excluding hydrogens is 340 g/mol. The van der Waals surface area contributed by atoms with E-state index in [1.54, 1.807) is 12.1 Å². The second-order valence-electron chi connectivity index (χ2n) is 3.66. The summed E-state index contributed by atoms with van der Waals surface area (Å²) >= 11 is 2.99. The van der Waals surface area contributed by atoms with Crippen LogP contribution in [-0.4, -0.2) is 16.9 Å². The predicted octanol–water partition coefficient (Wildman–Crippen LogP) is 3.08. The maximum Gasteiger partial charge on any atom is 0.208 e. The van der Waals surface area contributed by atoms with E-state index in [0.29, 0.717) is 0 Å². The zero-order valence-corrected chi connectivity index (χ0v) is 12.5. The number of nitrogens with zero attached hydrogens (tertiary/aromatic N) is 2. The first-order valence-corrected chi connectivity index (χ1v) is 6.74. The molecule has 0 aliphatic carbocycles. The second kappa shape index (κ2) is 7.83. The topological polar surface area (TPSA) is 108 Å². The van der Waals surface area contributed by atoms with Crippen molar-refractivity contribution in [1.82, 2.24) is 0 Å². The van der Waals surface area contributed by atoms with Crippen LogP contribution in [-0.2, 0) is 0 Å². The van der Waals surface area contributed by atoms with E-state index >= 15 is 0 Å². The molecule has 2 rings (SSSR count). The van der Waals surface area contributed by atoms with E-state index in [2.05, 4.69) is 15.9 Å². The SMILES string of the molecule is CC(=O)c1ccc(C#N)o1.N#Cc1ccc(C(=O)CBr)o1. The molecule has 2 aromatic rings. The molecule has 0 unspecified atom stereocenters. The molecule has 0 radical (unpaired) electrons. The minimum absolute atomic E-state index is 0.161. The first-order valence-electron chi connectivity index (χ1n) is 5.61. The smallest absolute Gasteiger partial charge is 0.208 e. The summed E-state index contributed by atoms with van der Waals surface area (Å²) in [5.41, 5.74) is 0. The number of nitriles is 2. The monoisotopic (exact) mass is 348 g/mol. The highest BCUT2D eigenvalue weighted by molar-refractivity contribution is 9.09. The van der Waals surface area contributed by atoms with E-state index in [-0.39, 0.29) is 39.9 Å². The molecule has 6 nitrogen and oxygen atoms in total. The van der Waals surface area contributed by atoms with Gasteiger partial charge in [-0.1, -0.05) is 15.9 Å². The molecule has 0 N–H and O–H groups in total. The van der Waals surface area contributed by atoms with Gasteiger partial charge in [0, 0.05) is 6.92 Å². The number of alkyl halides is 1. The van der Waals surface area contributed by atoms with Gasteiger partial charge < -0.3 is 8.83 Å². The van der Waals surface area contributed by atoms with E-state index in [1.165, 1.54) is 31.2 Å². The van der Waals surface area contributed by atoms with Crippen molar-refractivity contribution < 1.29 is 18.4 Å². The van der Waals surface area contributed by atoms with Crippen molar-refractivity contribution in [3.8, 4) is 12.1 Å². The van der Waals surface area contributed by atoms with Crippen LogP contribution in [0.2, 0.25) is 0 Å². The summed E-state index contributed by atoms with van der Waals surface area (Å²) in [5, 5.41) is 16.8. The molecular formula is C14H9BrN2O4. The number of hydrogen-bond acceptors (Lipinski definition) is 6. The number of Topliss-reactive ketones (excluding diaryl/α,β-unsaturated/α-hetero) is 2. The number of carbonyl (C=O) groups excluding carboxylic acids is 2. The van der Waals surface area contributed by atoms with Crippen LogP contribution >= 0.6 is 15.9 Å². The minimum atomic E-state index is -0.165. The molecule has 2 aromatic heterocycles. The van der Waals surface area contributed by atoms with Crippen molar-refractivity contribution in [1.29, 1.82) is 10.5 Å². The molecule has 0 aromatic carbocycles. The molecule has 2 heterocycles. The average molecular weight is 349 g/mol. The fraction of sp³-hybridized carbons (Fsp3) is 0.143. The van der Waals surface area contributed by atoms with Crippen molar-refractivity contribution >= 4 is 27.5 Å². The molecule has 0 spiro atoms. The third kappa shape index (κ3) is 4.75. The fourth-order valence-corrected chi connectivity index (χ4v) is 1.48. The van der Waals surface area contributed by atoms with Gasteiger partial charge >= 0.3 is 0 Å². The Bertz CT molecular complexity index is 731. The Morgan fingerprint density at radius 2 is 1.52 bits per heavy atom. The highest BCUT2D eigenvalue weighted by Gasteiger charge is 2.08. The van der Waals surface area contributed by atoms with Crippen LogP contribution < -0.4 is 0 Å². The van der Waals surface area contributed by atoms with E-state index < -0.39 is 0 Å². The molecule has 0 bridgehead atoms. The average Bonchev–Trinajstić information content (AvgIpc) is 3.15. The zero-order valence-electron chi connectivity index (χ0n) is 10.9. The van der Waals surface area contributed by atoms with Crippen molar-refractivity contribution in [3.05, 3.63) is 47.3 Å². The predicted molar refractivity (Wildman–Crippen MR) is 75.0 cm³/mol. The molecule has 0 saturated heterocycles. The molecule has 21 heavy (non-hydrogen) atoms. The Labute approximate surface area is 128 Å². The van der Waals surface area contributed by atoms with Crippen LogP contribution in [0.25, 0.3) is 0 Å². The molecule has 0 amide bonds. The number of halogens is 1. The lowest BCUT2D eigenvalue weighted by molar-refractivity contribution is 0.0982. The number of hydrogen-bond donors (Lipinski definition) is 0. The summed E-state index contributed by atoms with van der Waals surface area (Å²) in [6.45, 7) is 1.39. The molecule has 0 aliphatic heterocycles. The molecule has 7 heteroatoms. The van der Waals surface area contributed by atoms with Crippen LogP contribution in [0.3, 0.4) is 0 Å². The highest BCUT2D eigenvalue weighted by Crippen LogP contribution is 2.08. The lowest BCUT2D eigenvalue weighted by Gasteiger charge is -1.86. The van der Waals surface area contributed by atoms with E-state index in [1.807, 2.05) is 0 Å². The van der Waals surface area contributed by atoms with Gasteiger partial charge in [0.2, 0.25) is 17.3 Å². The van der Waals surface area contributed by atoms with E-state index in [9.17, 15) is 9.59 Å². The number of carbonyl (C=O) groups is 2. The van der Waals surface area contributed by atoms with Gasteiger partial charge in [0.15, 0.2) is 17.3 Å². The van der Waals surface area contributed by atoms with Crippen LogP contribution in [0.1, 0.15) is 39.6 Å². The summed E-state index contributed by atoms with van der Waals surface area (Å²) in [4.78, 5) is 21.5. The number of ketones is 2. The Morgan fingerprint density at radius 3 is 1.86 bits per heavy atom. The lowest BCUT2D eigenvalue weighted by Crippen LogP contribution is -1.96. The summed E-state index contributed by atoms with van der Waals surface area (Å²) in [6.07, 6.45) is 0. The van der Waals surface area contributed by atoms with Crippen LogP contribution in [0.5, 0.6) is 0 Å². The van der Waals surface area contributed by atoms with Gasteiger partial charge in [-0.2, -0.15) is 10.5 Å². The van der Waals surface area contributed by atoms with Gasteiger partial charge in [0.25, 0.3) is 0 Å². The van der Waals surface area contributed by atoms with Crippen molar-refractivity contribution in [3.63, 3.8) is 0 Å². The first kappa shape index (κ1) is 16.4. The summed E-state index contributed by atoms with van der Waals surface area (Å²) in [6, 6.07) is 9.49. The Morgan fingerprint density at radius 1 is 1.05 bits per heavy atom. The molecule has 0 saturated carbocycles. The first-order chi connectivity index (χ1) is 10.0. The summed E-state index contributed by atoms with van der Waals surface area (Å²) < 4.78 is 9.63. The molecule has 0 fully saturated rings. The maximum atomic E-state index is 10.9.